The zero-order valence-electron chi connectivity index (χ0n) is 10.7. The lowest BCUT2D eigenvalue weighted by molar-refractivity contribution is 0.371. The fourth-order valence-corrected chi connectivity index (χ4v) is 2.08. The molecule has 0 radical (unpaired) electrons. The van der Waals surface area contributed by atoms with Crippen molar-refractivity contribution in [1.29, 1.82) is 0 Å². The Morgan fingerprint density at radius 1 is 1.50 bits per heavy atom. The van der Waals surface area contributed by atoms with Gasteiger partial charge in [0.05, 0.1) is 16.3 Å². The number of hydrogen-bond acceptors (Lipinski definition) is 3. The molecule has 20 heavy (non-hydrogen) atoms. The number of ether oxygens (including phenoxy) is 1. The second kappa shape index (κ2) is 8.64. The summed E-state index contributed by atoms with van der Waals surface area (Å²) >= 11 is 17.1. The second-order valence-corrected chi connectivity index (χ2v) is 4.76. The molecule has 0 saturated heterocycles. The molecule has 0 spiro atoms. The monoisotopic (exact) mass is 329 g/mol. The molecule has 1 rings (SSSR count). The van der Waals surface area contributed by atoms with E-state index >= 15 is 0 Å². The number of benzene rings is 1. The van der Waals surface area contributed by atoms with Gasteiger partial charge < -0.3 is 10.1 Å². The van der Waals surface area contributed by atoms with E-state index in [1.165, 1.54) is 0 Å². The number of terminal acetylenes is 1. The molecular weight excluding hydrogens is 317 g/mol. The van der Waals surface area contributed by atoms with Gasteiger partial charge in [0, 0.05) is 6.54 Å². The van der Waals surface area contributed by atoms with E-state index < -0.39 is 0 Å². The first-order valence-electron chi connectivity index (χ1n) is 5.70. The highest BCUT2D eigenvalue weighted by atomic mass is 35.5. The van der Waals surface area contributed by atoms with Crippen LogP contribution in [0.25, 0.3) is 0 Å². The van der Waals surface area contributed by atoms with Crippen LogP contribution in [0.4, 0.5) is 0 Å². The van der Waals surface area contributed by atoms with Crippen molar-refractivity contribution in [1.82, 2.24) is 10.7 Å². The summed E-state index contributed by atoms with van der Waals surface area (Å²) in [6, 6.07) is 3.33. The zero-order chi connectivity index (χ0) is 15.0. The molecule has 0 atom stereocenters. The highest BCUT2D eigenvalue weighted by Crippen LogP contribution is 2.33. The topological polar surface area (TPSA) is 45.6 Å². The van der Waals surface area contributed by atoms with Gasteiger partial charge in [0.25, 0.3) is 0 Å². The minimum Gasteiger partial charge on any atom is -0.478 e. The Morgan fingerprint density at radius 3 is 2.70 bits per heavy atom. The average Bonchev–Trinajstić information content (AvgIpc) is 2.38. The molecule has 7 heteroatoms. The molecule has 0 aromatic heterocycles. The van der Waals surface area contributed by atoms with Crippen LogP contribution in [-0.2, 0) is 0 Å². The third-order valence-electron chi connectivity index (χ3n) is 2.04. The molecule has 0 aliphatic heterocycles. The summed E-state index contributed by atoms with van der Waals surface area (Å²) in [7, 11) is 0. The average molecular weight is 330 g/mol. The third kappa shape index (κ3) is 5.25. The first-order chi connectivity index (χ1) is 9.58. The molecule has 0 aliphatic rings. The Morgan fingerprint density at radius 2 is 2.15 bits per heavy atom. The lowest BCUT2D eigenvalue weighted by Gasteiger charge is -2.08. The van der Waals surface area contributed by atoms with Crippen molar-refractivity contribution in [3.8, 4) is 18.1 Å². The predicted octanol–water partition coefficient (Wildman–Crippen LogP) is 2.82. The molecule has 0 unspecified atom stereocenters. The number of rotatable bonds is 5. The lowest BCUT2D eigenvalue weighted by atomic mass is 10.2. The Bertz CT molecular complexity index is 532. The number of thiocarbonyl (C=S) groups is 1. The maximum atomic E-state index is 6.06. The Hall–Kier alpha value is -1.48. The molecule has 4 nitrogen and oxygen atoms in total. The fourth-order valence-electron chi connectivity index (χ4n) is 1.27. The minimum absolute atomic E-state index is 0.103. The number of halogens is 2. The van der Waals surface area contributed by atoms with Gasteiger partial charge >= 0.3 is 0 Å². The predicted molar refractivity (Wildman–Crippen MR) is 87.8 cm³/mol. The van der Waals surface area contributed by atoms with E-state index in [0.29, 0.717) is 26.5 Å². The van der Waals surface area contributed by atoms with Crippen LogP contribution in [-0.4, -0.2) is 24.5 Å². The van der Waals surface area contributed by atoms with Crippen LogP contribution >= 0.6 is 35.4 Å². The molecule has 1 aromatic carbocycles. The summed E-state index contributed by atoms with van der Waals surface area (Å²) in [6.45, 7) is 2.76. The van der Waals surface area contributed by atoms with E-state index in [1.54, 1.807) is 18.3 Å². The van der Waals surface area contributed by atoms with Gasteiger partial charge in [-0.1, -0.05) is 29.1 Å². The molecule has 0 saturated carbocycles. The fraction of sp³-hybridized carbons (Fsp3) is 0.231. The number of nitrogens with one attached hydrogen (secondary N) is 2. The van der Waals surface area contributed by atoms with Gasteiger partial charge in [-0.05, 0) is 36.8 Å². The van der Waals surface area contributed by atoms with Gasteiger partial charge in [-0.3, -0.25) is 5.43 Å². The summed E-state index contributed by atoms with van der Waals surface area (Å²) in [6.07, 6.45) is 6.66. The Kier molecular flexibility index (Phi) is 7.16. The number of hydrogen-bond donors (Lipinski definition) is 2. The van der Waals surface area contributed by atoms with Gasteiger partial charge in [0.15, 0.2) is 10.9 Å². The van der Waals surface area contributed by atoms with Crippen LogP contribution in [0, 0.1) is 12.3 Å². The summed E-state index contributed by atoms with van der Waals surface area (Å²) < 4.78 is 5.26. The molecular formula is C13H13Cl2N3OS. The first kappa shape index (κ1) is 16.6. The van der Waals surface area contributed by atoms with Crippen LogP contribution in [0.2, 0.25) is 10.0 Å². The maximum absolute atomic E-state index is 6.06. The van der Waals surface area contributed by atoms with Gasteiger partial charge in [-0.15, -0.1) is 6.42 Å². The van der Waals surface area contributed by atoms with E-state index in [1.807, 2.05) is 6.92 Å². The summed E-state index contributed by atoms with van der Waals surface area (Å²) in [4.78, 5) is 0. The third-order valence-corrected chi connectivity index (χ3v) is 2.83. The van der Waals surface area contributed by atoms with Crippen LogP contribution in [0.1, 0.15) is 12.5 Å². The summed E-state index contributed by atoms with van der Waals surface area (Å²) in [5, 5.41) is 8.04. The van der Waals surface area contributed by atoms with E-state index in [4.69, 9.17) is 46.6 Å². The summed E-state index contributed by atoms with van der Waals surface area (Å²) in [5.74, 6) is 2.71. The van der Waals surface area contributed by atoms with Crippen molar-refractivity contribution in [3.63, 3.8) is 0 Å². The van der Waals surface area contributed by atoms with E-state index in [2.05, 4.69) is 21.8 Å². The SMILES string of the molecule is C#CCOc1c(Cl)cc(C=NNC(=S)NCC)cc1Cl. The summed E-state index contributed by atoms with van der Waals surface area (Å²) in [5.41, 5.74) is 3.37. The smallest absolute Gasteiger partial charge is 0.186 e. The van der Waals surface area contributed by atoms with Crippen LogP contribution in [0.5, 0.6) is 5.75 Å². The highest BCUT2D eigenvalue weighted by Gasteiger charge is 2.08. The zero-order valence-corrected chi connectivity index (χ0v) is 13.1. The van der Waals surface area contributed by atoms with Crippen LogP contribution in [0.3, 0.4) is 0 Å². The molecule has 0 heterocycles. The normalized spacial score (nSPS) is 10.1. The molecule has 2 N–H and O–H groups in total. The molecule has 0 bridgehead atoms. The molecule has 0 aliphatic carbocycles. The number of nitrogens with zero attached hydrogens (tertiary/aromatic N) is 1. The van der Waals surface area contributed by atoms with Crippen LogP contribution < -0.4 is 15.5 Å². The minimum atomic E-state index is 0.103. The van der Waals surface area contributed by atoms with E-state index in [9.17, 15) is 0 Å². The molecule has 0 amide bonds. The molecule has 0 fully saturated rings. The standard InChI is InChI=1S/C13H13Cl2N3OS/c1-3-5-19-12-10(14)6-9(7-11(12)15)8-17-18-13(20)16-4-2/h1,6-8H,4-5H2,2H3,(H2,16,18,20). The van der Waals surface area contributed by atoms with Crippen molar-refractivity contribution in [3.05, 3.63) is 27.7 Å². The van der Waals surface area contributed by atoms with Gasteiger partial charge in [0.2, 0.25) is 0 Å². The highest BCUT2D eigenvalue weighted by molar-refractivity contribution is 7.80. The van der Waals surface area contributed by atoms with Crippen molar-refractivity contribution in [2.24, 2.45) is 5.10 Å². The Labute approximate surface area is 133 Å². The van der Waals surface area contributed by atoms with Crippen LogP contribution in [0.15, 0.2) is 17.2 Å². The van der Waals surface area contributed by atoms with Crippen molar-refractivity contribution in [2.75, 3.05) is 13.2 Å². The quantitative estimate of drug-likeness (QED) is 0.377. The van der Waals surface area contributed by atoms with E-state index in [-0.39, 0.29) is 6.61 Å². The van der Waals surface area contributed by atoms with Crippen molar-refractivity contribution < 1.29 is 4.74 Å². The van der Waals surface area contributed by atoms with Crippen molar-refractivity contribution >= 4 is 46.7 Å². The largest absolute Gasteiger partial charge is 0.478 e. The maximum Gasteiger partial charge on any atom is 0.186 e. The van der Waals surface area contributed by atoms with Gasteiger partial charge in [0.1, 0.15) is 6.61 Å². The first-order valence-corrected chi connectivity index (χ1v) is 6.87. The van der Waals surface area contributed by atoms with Crippen molar-refractivity contribution in [2.45, 2.75) is 6.92 Å². The molecule has 1 aromatic rings. The van der Waals surface area contributed by atoms with Gasteiger partial charge in [-0.25, -0.2) is 0 Å². The number of hydrazone groups is 1. The lowest BCUT2D eigenvalue weighted by Crippen LogP contribution is -2.31. The van der Waals surface area contributed by atoms with E-state index in [0.717, 1.165) is 6.54 Å². The molecule has 106 valence electrons. The van der Waals surface area contributed by atoms with Gasteiger partial charge in [-0.2, -0.15) is 5.10 Å². The second-order valence-electron chi connectivity index (χ2n) is 3.54. The Balaban J connectivity index is 2.76.